The van der Waals surface area contributed by atoms with Crippen LogP contribution in [0.5, 0.6) is 0 Å². The molecule has 3 heterocycles. The number of carbonyl (C=O) groups is 1. The van der Waals surface area contributed by atoms with Gasteiger partial charge in [0.05, 0.1) is 5.56 Å². The Hall–Kier alpha value is -2.05. The van der Waals surface area contributed by atoms with Crippen molar-refractivity contribution in [3.05, 3.63) is 62.6 Å². The van der Waals surface area contributed by atoms with E-state index in [4.69, 9.17) is 4.42 Å². The minimum absolute atomic E-state index is 0.00721. The summed E-state index contributed by atoms with van der Waals surface area (Å²) >= 11 is 5.20. The molecule has 4 nitrogen and oxygen atoms in total. The van der Waals surface area contributed by atoms with Gasteiger partial charge in [0.15, 0.2) is 6.17 Å². The Bertz CT molecular complexity index is 1040. The quantitative estimate of drug-likeness (QED) is 0.497. The second-order valence-electron chi connectivity index (χ2n) is 7.48. The van der Waals surface area contributed by atoms with E-state index in [2.05, 4.69) is 33.5 Å². The van der Waals surface area contributed by atoms with Crippen molar-refractivity contribution < 1.29 is 9.21 Å². The van der Waals surface area contributed by atoms with E-state index >= 15 is 0 Å². The van der Waals surface area contributed by atoms with E-state index in [1.54, 1.807) is 11.3 Å². The number of carbonyl (C=O) groups excluding carboxylic acids is 1. The Kier molecular flexibility index (Phi) is 4.56. The molecule has 0 saturated carbocycles. The maximum Gasteiger partial charge on any atom is 0.256 e. The molecule has 2 aromatic heterocycles. The molecule has 1 amide bonds. The topological polar surface area (TPSA) is 54.3 Å². The van der Waals surface area contributed by atoms with E-state index in [-0.39, 0.29) is 12.1 Å². The molecule has 1 aliphatic carbocycles. The number of hydrogen-bond donors (Lipinski definition) is 2. The van der Waals surface area contributed by atoms with Gasteiger partial charge in [0.25, 0.3) is 5.91 Å². The van der Waals surface area contributed by atoms with Crippen LogP contribution in [-0.2, 0) is 12.8 Å². The number of nitrogens with one attached hydrogen (secondary N) is 2. The number of fused-ring (bicyclic) bond motifs is 3. The van der Waals surface area contributed by atoms with E-state index in [1.807, 2.05) is 36.4 Å². The zero-order valence-corrected chi connectivity index (χ0v) is 18.0. The number of anilines is 1. The molecule has 3 aromatic rings. The Balaban J connectivity index is 1.42. The van der Waals surface area contributed by atoms with Gasteiger partial charge in [-0.1, -0.05) is 41.4 Å². The number of halogens is 1. The molecule has 28 heavy (non-hydrogen) atoms. The summed E-state index contributed by atoms with van der Waals surface area (Å²) in [6.07, 6.45) is 4.14. The summed E-state index contributed by atoms with van der Waals surface area (Å²) in [5.74, 6) is 2.26. The number of rotatable bonds is 3. The highest BCUT2D eigenvalue weighted by atomic mass is 79.9. The molecule has 1 aromatic carbocycles. The summed E-state index contributed by atoms with van der Waals surface area (Å²) in [4.78, 5) is 14.3. The molecule has 2 unspecified atom stereocenters. The zero-order chi connectivity index (χ0) is 19.3. The van der Waals surface area contributed by atoms with E-state index < -0.39 is 0 Å². The Morgan fingerprint density at radius 2 is 2.00 bits per heavy atom. The summed E-state index contributed by atoms with van der Waals surface area (Å²) in [7, 11) is 0. The smallest absolute Gasteiger partial charge is 0.256 e. The average molecular weight is 457 g/mol. The predicted octanol–water partition coefficient (Wildman–Crippen LogP) is 6.14. The van der Waals surface area contributed by atoms with Crippen LogP contribution in [-0.4, -0.2) is 5.91 Å². The lowest BCUT2D eigenvalue weighted by molar-refractivity contribution is 0.0930. The molecule has 0 fully saturated rings. The van der Waals surface area contributed by atoms with Crippen LogP contribution in [0.4, 0.5) is 5.00 Å². The average Bonchev–Trinajstić information content (AvgIpc) is 3.32. The van der Waals surface area contributed by atoms with Gasteiger partial charge in [-0.25, -0.2) is 0 Å². The first kappa shape index (κ1) is 18.0. The van der Waals surface area contributed by atoms with Crippen LogP contribution in [0, 0.1) is 5.92 Å². The summed E-state index contributed by atoms with van der Waals surface area (Å²) in [6.45, 7) is 2.25. The van der Waals surface area contributed by atoms with Crippen LogP contribution in [0.2, 0.25) is 0 Å². The molecular weight excluding hydrogens is 436 g/mol. The van der Waals surface area contributed by atoms with Crippen molar-refractivity contribution in [2.75, 3.05) is 5.32 Å². The summed E-state index contributed by atoms with van der Waals surface area (Å²) in [5.41, 5.74) is 3.11. The largest absolute Gasteiger partial charge is 0.457 e. The third-order valence-electron chi connectivity index (χ3n) is 5.76. The first-order valence-electron chi connectivity index (χ1n) is 9.70. The third-order valence-corrected chi connectivity index (χ3v) is 7.48. The summed E-state index contributed by atoms with van der Waals surface area (Å²) < 4.78 is 7.09. The predicted molar refractivity (Wildman–Crippen MR) is 116 cm³/mol. The monoisotopic (exact) mass is 456 g/mol. The maximum atomic E-state index is 12.9. The van der Waals surface area contributed by atoms with Gasteiger partial charge in [-0.05, 0) is 55.0 Å². The van der Waals surface area contributed by atoms with Crippen molar-refractivity contribution in [2.24, 2.45) is 5.92 Å². The van der Waals surface area contributed by atoms with Crippen molar-refractivity contribution >= 4 is 38.2 Å². The van der Waals surface area contributed by atoms with Gasteiger partial charge in [-0.2, -0.15) is 0 Å². The van der Waals surface area contributed by atoms with Gasteiger partial charge in [0, 0.05) is 14.9 Å². The highest BCUT2D eigenvalue weighted by Crippen LogP contribution is 2.43. The van der Waals surface area contributed by atoms with Gasteiger partial charge in [0.1, 0.15) is 16.5 Å². The van der Waals surface area contributed by atoms with E-state index in [1.165, 1.54) is 23.3 Å². The van der Waals surface area contributed by atoms with Gasteiger partial charge < -0.3 is 15.1 Å². The normalized spacial score (nSPS) is 20.9. The van der Waals surface area contributed by atoms with Crippen molar-refractivity contribution in [3.63, 3.8) is 0 Å². The van der Waals surface area contributed by atoms with Gasteiger partial charge >= 0.3 is 0 Å². The fraction of sp³-hybridized carbons (Fsp3) is 0.318. The zero-order valence-electron chi connectivity index (χ0n) is 15.5. The van der Waals surface area contributed by atoms with Crippen molar-refractivity contribution in [1.82, 2.24) is 5.32 Å². The first-order chi connectivity index (χ1) is 13.6. The molecule has 2 atom stereocenters. The van der Waals surface area contributed by atoms with Gasteiger partial charge in [0.2, 0.25) is 0 Å². The number of amides is 1. The lowest BCUT2D eigenvalue weighted by Gasteiger charge is -2.25. The van der Waals surface area contributed by atoms with Gasteiger partial charge in [-0.3, -0.25) is 4.79 Å². The molecule has 0 saturated heterocycles. The molecule has 5 rings (SSSR count). The van der Waals surface area contributed by atoms with Crippen LogP contribution in [0.25, 0.3) is 11.3 Å². The standard InChI is InChI=1S/C22H21BrN2O2S/c1-2-12-3-8-15-18(11-12)28-22-19(15)21(26)24-20(25-22)17-10-9-16(27-17)13-4-6-14(23)7-5-13/h4-7,9-10,12,20,25H,2-3,8,11H2,1H3,(H,24,26). The van der Waals surface area contributed by atoms with Crippen molar-refractivity contribution in [3.8, 4) is 11.3 Å². The summed E-state index contributed by atoms with van der Waals surface area (Å²) in [6, 6.07) is 11.9. The minimum Gasteiger partial charge on any atom is -0.457 e. The minimum atomic E-state index is -0.341. The Morgan fingerprint density at radius 1 is 1.18 bits per heavy atom. The molecule has 1 aliphatic heterocycles. The van der Waals surface area contributed by atoms with E-state index in [0.29, 0.717) is 0 Å². The van der Waals surface area contributed by atoms with Crippen LogP contribution in [0.3, 0.4) is 0 Å². The third kappa shape index (κ3) is 3.08. The molecule has 2 N–H and O–H groups in total. The molecule has 144 valence electrons. The second kappa shape index (κ2) is 7.08. The van der Waals surface area contributed by atoms with Crippen molar-refractivity contribution in [1.29, 1.82) is 0 Å². The molecular formula is C22H21BrN2O2S. The lowest BCUT2D eigenvalue weighted by atomic mass is 9.85. The second-order valence-corrected chi connectivity index (χ2v) is 9.51. The molecule has 2 aliphatic rings. The van der Waals surface area contributed by atoms with Gasteiger partial charge in [-0.15, -0.1) is 11.3 Å². The Morgan fingerprint density at radius 3 is 2.79 bits per heavy atom. The van der Waals surface area contributed by atoms with Crippen LogP contribution in [0.1, 0.15) is 52.5 Å². The van der Waals surface area contributed by atoms with Crippen LogP contribution < -0.4 is 10.6 Å². The number of furan rings is 1. The fourth-order valence-corrected chi connectivity index (χ4v) is 5.79. The lowest BCUT2D eigenvalue weighted by Crippen LogP contribution is -2.38. The van der Waals surface area contributed by atoms with E-state index in [0.717, 1.165) is 50.9 Å². The number of thiophene rings is 1. The highest BCUT2D eigenvalue weighted by molar-refractivity contribution is 9.10. The molecule has 6 heteroatoms. The van der Waals surface area contributed by atoms with Crippen molar-refractivity contribution in [2.45, 2.75) is 38.8 Å². The number of benzene rings is 1. The first-order valence-corrected chi connectivity index (χ1v) is 11.3. The fourth-order valence-electron chi connectivity index (χ4n) is 4.13. The van der Waals surface area contributed by atoms with E-state index in [9.17, 15) is 4.79 Å². The molecule has 0 spiro atoms. The summed E-state index contributed by atoms with van der Waals surface area (Å²) in [5, 5.41) is 7.56. The molecule has 0 radical (unpaired) electrons. The van der Waals surface area contributed by atoms with Crippen LogP contribution in [0.15, 0.2) is 45.3 Å². The molecule has 0 bridgehead atoms. The Labute approximate surface area is 176 Å². The maximum absolute atomic E-state index is 12.9. The highest BCUT2D eigenvalue weighted by Gasteiger charge is 2.34. The van der Waals surface area contributed by atoms with Crippen LogP contribution >= 0.6 is 27.3 Å². The number of hydrogen-bond acceptors (Lipinski definition) is 4. The SMILES string of the molecule is CCC1CCc2c(sc3c2C(=O)NC(c2ccc(-c4ccc(Br)cc4)o2)N3)C1.